The quantitative estimate of drug-likeness (QED) is 0.754. The van der Waals surface area contributed by atoms with Crippen LogP contribution in [-0.2, 0) is 11.3 Å². The molecule has 6 heteroatoms. The van der Waals surface area contributed by atoms with Gasteiger partial charge in [-0.25, -0.2) is 4.98 Å². The van der Waals surface area contributed by atoms with Crippen LogP contribution in [0.2, 0.25) is 5.15 Å². The molecule has 1 fully saturated rings. The average molecular weight is 257 g/mol. The molecule has 1 aromatic heterocycles. The second-order valence-corrected chi connectivity index (χ2v) is 4.52. The molecule has 0 radical (unpaired) electrons. The number of fused-ring (bicyclic) bond motifs is 3. The topological polar surface area (TPSA) is 54.8 Å². The van der Waals surface area contributed by atoms with Crippen LogP contribution in [0.1, 0.15) is 5.69 Å². The first-order valence-electron chi connectivity index (χ1n) is 5.57. The van der Waals surface area contributed by atoms with Crippen LogP contribution in [0, 0.1) is 0 Å². The summed E-state index contributed by atoms with van der Waals surface area (Å²) in [5, 5.41) is 9.65. The summed E-state index contributed by atoms with van der Waals surface area (Å²) in [6, 6.07) is 2.01. The summed E-state index contributed by atoms with van der Waals surface area (Å²) in [5.74, 6) is 0.648. The van der Waals surface area contributed by atoms with Crippen molar-refractivity contribution in [2.45, 2.75) is 12.6 Å². The molecule has 17 heavy (non-hydrogen) atoms. The molecule has 1 saturated heterocycles. The van der Waals surface area contributed by atoms with Gasteiger partial charge in [0, 0.05) is 12.6 Å². The molecule has 0 amide bonds. The van der Waals surface area contributed by atoms with Crippen molar-refractivity contribution in [3.63, 3.8) is 0 Å². The highest BCUT2D eigenvalue weighted by atomic mass is 35.5. The molecule has 0 spiro atoms. The third-order valence-electron chi connectivity index (χ3n) is 3.10. The molecule has 92 valence electrons. The number of pyridine rings is 1. The second kappa shape index (κ2) is 4.33. The van der Waals surface area contributed by atoms with E-state index in [0.717, 1.165) is 12.2 Å². The zero-order chi connectivity index (χ0) is 11.8. The molecule has 2 aliphatic heterocycles. The highest BCUT2D eigenvalue weighted by Gasteiger charge is 2.32. The maximum Gasteiger partial charge on any atom is 0.166 e. The maximum absolute atomic E-state index is 9.27. The number of nitrogens with zero attached hydrogens (tertiary/aromatic N) is 2. The Bertz CT molecular complexity index is 441. The van der Waals surface area contributed by atoms with Gasteiger partial charge in [0.15, 0.2) is 5.75 Å². The first-order chi connectivity index (χ1) is 8.29. The number of hydrogen-bond acceptors (Lipinski definition) is 5. The number of halogens is 1. The summed E-state index contributed by atoms with van der Waals surface area (Å²) in [6.07, 6.45) is 0. The maximum atomic E-state index is 9.27. The van der Waals surface area contributed by atoms with Crippen LogP contribution in [0.15, 0.2) is 6.07 Å². The average Bonchev–Trinajstić information content (AvgIpc) is 2.37. The Morgan fingerprint density at radius 3 is 3.24 bits per heavy atom. The highest BCUT2D eigenvalue weighted by molar-refractivity contribution is 6.29. The number of rotatable bonds is 1. The Kier molecular flexibility index (Phi) is 2.82. The van der Waals surface area contributed by atoms with Gasteiger partial charge in [-0.05, 0) is 0 Å². The van der Waals surface area contributed by atoms with Crippen molar-refractivity contribution < 1.29 is 14.6 Å². The van der Waals surface area contributed by atoms with Crippen molar-refractivity contribution in [1.82, 2.24) is 4.98 Å². The van der Waals surface area contributed by atoms with Gasteiger partial charge in [-0.15, -0.1) is 0 Å². The van der Waals surface area contributed by atoms with Crippen LogP contribution in [-0.4, -0.2) is 42.5 Å². The van der Waals surface area contributed by atoms with E-state index in [2.05, 4.69) is 9.88 Å². The second-order valence-electron chi connectivity index (χ2n) is 4.13. The van der Waals surface area contributed by atoms with Crippen LogP contribution >= 0.6 is 11.6 Å². The molecule has 1 N–H and O–H groups in total. The lowest BCUT2D eigenvalue weighted by Gasteiger charge is -2.41. The van der Waals surface area contributed by atoms with Crippen molar-refractivity contribution in [2.24, 2.45) is 0 Å². The Morgan fingerprint density at radius 2 is 2.41 bits per heavy atom. The smallest absolute Gasteiger partial charge is 0.166 e. The molecule has 1 atom stereocenters. The molecule has 5 nitrogen and oxygen atoms in total. The van der Waals surface area contributed by atoms with Gasteiger partial charge in [-0.2, -0.15) is 0 Å². The van der Waals surface area contributed by atoms with Crippen molar-refractivity contribution in [3.05, 3.63) is 16.9 Å². The van der Waals surface area contributed by atoms with Gasteiger partial charge in [0.2, 0.25) is 0 Å². The van der Waals surface area contributed by atoms with Crippen LogP contribution in [0.25, 0.3) is 0 Å². The largest absolute Gasteiger partial charge is 0.487 e. The molecule has 0 bridgehead atoms. The van der Waals surface area contributed by atoms with Crippen molar-refractivity contribution >= 4 is 17.3 Å². The van der Waals surface area contributed by atoms with E-state index in [4.69, 9.17) is 21.1 Å². The lowest BCUT2D eigenvalue weighted by Crippen LogP contribution is -2.51. The molecule has 0 unspecified atom stereocenters. The van der Waals surface area contributed by atoms with Gasteiger partial charge in [0.1, 0.15) is 17.5 Å². The fraction of sp³-hybridized carbons (Fsp3) is 0.545. The van der Waals surface area contributed by atoms with Crippen LogP contribution in [0.3, 0.4) is 0 Å². The number of morpholine rings is 1. The number of ether oxygens (including phenoxy) is 2. The first-order valence-corrected chi connectivity index (χ1v) is 5.95. The normalized spacial score (nSPS) is 22.7. The van der Waals surface area contributed by atoms with E-state index >= 15 is 0 Å². The lowest BCUT2D eigenvalue weighted by atomic mass is 10.1. The van der Waals surface area contributed by atoms with Gasteiger partial charge in [0.05, 0.1) is 31.5 Å². The van der Waals surface area contributed by atoms with Gasteiger partial charge in [-0.3, -0.25) is 0 Å². The zero-order valence-electron chi connectivity index (χ0n) is 9.23. The van der Waals surface area contributed by atoms with Crippen molar-refractivity contribution in [2.75, 3.05) is 31.3 Å². The van der Waals surface area contributed by atoms with E-state index < -0.39 is 0 Å². The van der Waals surface area contributed by atoms with E-state index in [-0.39, 0.29) is 12.6 Å². The summed E-state index contributed by atoms with van der Waals surface area (Å²) >= 11 is 5.96. The summed E-state index contributed by atoms with van der Waals surface area (Å²) in [7, 11) is 0. The lowest BCUT2D eigenvalue weighted by molar-refractivity contribution is 0.0696. The third kappa shape index (κ3) is 1.84. The predicted octanol–water partition coefficient (Wildman–Crippen LogP) is 0.825. The van der Waals surface area contributed by atoms with Gasteiger partial charge in [0.25, 0.3) is 0 Å². The molecular weight excluding hydrogens is 244 g/mol. The first kappa shape index (κ1) is 11.1. The fourth-order valence-electron chi connectivity index (χ4n) is 2.31. The molecule has 0 saturated carbocycles. The zero-order valence-corrected chi connectivity index (χ0v) is 9.98. The number of anilines is 1. The monoisotopic (exact) mass is 256 g/mol. The Hall–Kier alpha value is -1.04. The van der Waals surface area contributed by atoms with E-state index in [1.165, 1.54) is 0 Å². The Balaban J connectivity index is 2.06. The third-order valence-corrected chi connectivity index (χ3v) is 3.29. The van der Waals surface area contributed by atoms with Crippen LogP contribution in [0.5, 0.6) is 5.75 Å². The van der Waals surface area contributed by atoms with Crippen molar-refractivity contribution in [1.29, 1.82) is 0 Å². The molecule has 2 aliphatic rings. The number of aliphatic hydroxyl groups is 1. The van der Waals surface area contributed by atoms with E-state index in [0.29, 0.717) is 36.4 Å². The Morgan fingerprint density at radius 1 is 1.53 bits per heavy atom. The molecule has 3 heterocycles. The van der Waals surface area contributed by atoms with Gasteiger partial charge >= 0.3 is 0 Å². The minimum atomic E-state index is -0.169. The summed E-state index contributed by atoms with van der Waals surface area (Å²) in [6.45, 7) is 2.56. The minimum Gasteiger partial charge on any atom is -0.487 e. The van der Waals surface area contributed by atoms with Gasteiger partial charge in [-0.1, -0.05) is 11.6 Å². The van der Waals surface area contributed by atoms with Crippen LogP contribution < -0.4 is 9.64 Å². The summed E-state index contributed by atoms with van der Waals surface area (Å²) in [5.41, 5.74) is 1.41. The van der Waals surface area contributed by atoms with E-state index in [1.807, 2.05) is 0 Å². The molecule has 0 aromatic carbocycles. The standard InChI is InChI=1S/C11H13ClN2O3/c12-10-3-9-11(8(4-15)13-10)17-6-7-5-16-2-1-14(7)9/h3,7,15H,1-2,4-6H2/t7-/m1/s1. The van der Waals surface area contributed by atoms with Gasteiger partial charge < -0.3 is 19.5 Å². The summed E-state index contributed by atoms with van der Waals surface area (Å²) in [4.78, 5) is 6.29. The highest BCUT2D eigenvalue weighted by Crippen LogP contribution is 2.38. The molecular formula is C11H13ClN2O3. The number of hydrogen-bond donors (Lipinski definition) is 1. The summed E-state index contributed by atoms with van der Waals surface area (Å²) < 4.78 is 11.1. The van der Waals surface area contributed by atoms with E-state index in [9.17, 15) is 5.11 Å². The number of aromatic nitrogens is 1. The fourth-order valence-corrected chi connectivity index (χ4v) is 2.51. The minimum absolute atomic E-state index is 0.169. The van der Waals surface area contributed by atoms with Crippen LogP contribution in [0.4, 0.5) is 5.69 Å². The Labute approximate surface area is 104 Å². The molecule has 3 rings (SSSR count). The van der Waals surface area contributed by atoms with E-state index in [1.54, 1.807) is 6.07 Å². The predicted molar refractivity (Wildman–Crippen MR) is 62.6 cm³/mol. The molecule has 1 aromatic rings. The SMILES string of the molecule is OCc1nc(Cl)cc2c1OC[C@H]1COCCN21. The number of aliphatic hydroxyl groups excluding tert-OH is 1. The van der Waals surface area contributed by atoms with Crippen molar-refractivity contribution in [3.8, 4) is 5.75 Å². The molecule has 0 aliphatic carbocycles.